The highest BCUT2D eigenvalue weighted by Gasteiger charge is 2.17. The number of thiophene rings is 1. The summed E-state index contributed by atoms with van der Waals surface area (Å²) < 4.78 is 0. The number of carbonyl (C=O) groups excluding carboxylic acids is 1. The first-order valence-corrected chi connectivity index (χ1v) is 5.06. The number of nitrogens with zero attached hydrogens (tertiary/aromatic N) is 1. The van der Waals surface area contributed by atoms with Crippen molar-refractivity contribution in [3.05, 3.63) is 22.4 Å². The number of hydrogen-bond donors (Lipinski definition) is 1. The molecule has 0 aliphatic heterocycles. The van der Waals surface area contributed by atoms with Crippen molar-refractivity contribution >= 4 is 23.2 Å². The quantitative estimate of drug-likeness (QED) is 0.772. The molecule has 0 aromatic carbocycles. The zero-order chi connectivity index (χ0) is 11.3. The largest absolute Gasteiger partial charge is 0.480 e. The van der Waals surface area contributed by atoms with Crippen molar-refractivity contribution in [1.82, 2.24) is 4.90 Å². The van der Waals surface area contributed by atoms with Gasteiger partial charge in [-0.1, -0.05) is 5.92 Å². The van der Waals surface area contributed by atoms with E-state index in [0.29, 0.717) is 5.56 Å². The number of terminal acetylenes is 1. The van der Waals surface area contributed by atoms with Crippen molar-refractivity contribution in [2.45, 2.75) is 0 Å². The van der Waals surface area contributed by atoms with E-state index in [9.17, 15) is 9.59 Å². The van der Waals surface area contributed by atoms with E-state index in [4.69, 9.17) is 11.5 Å². The van der Waals surface area contributed by atoms with Crippen LogP contribution in [0.2, 0.25) is 0 Å². The summed E-state index contributed by atoms with van der Waals surface area (Å²) in [6.45, 7) is -0.375. The van der Waals surface area contributed by atoms with Crippen LogP contribution in [0.4, 0.5) is 0 Å². The highest BCUT2D eigenvalue weighted by atomic mass is 32.1. The van der Waals surface area contributed by atoms with Gasteiger partial charge in [-0.3, -0.25) is 9.59 Å². The van der Waals surface area contributed by atoms with Crippen LogP contribution in [0.3, 0.4) is 0 Å². The molecule has 1 aromatic rings. The van der Waals surface area contributed by atoms with Gasteiger partial charge >= 0.3 is 5.97 Å². The second-order valence-electron chi connectivity index (χ2n) is 2.77. The zero-order valence-corrected chi connectivity index (χ0v) is 8.66. The van der Waals surface area contributed by atoms with Crippen LogP contribution in [0.5, 0.6) is 0 Å². The smallest absolute Gasteiger partial charge is 0.323 e. The second-order valence-corrected chi connectivity index (χ2v) is 3.55. The standard InChI is InChI=1S/C10H9NO3S/c1-2-4-11(6-9(12)13)10(14)8-3-5-15-7-8/h1,3,5,7H,4,6H2,(H,12,13). The molecule has 0 saturated heterocycles. The van der Waals surface area contributed by atoms with E-state index in [-0.39, 0.29) is 19.0 Å². The van der Waals surface area contributed by atoms with Gasteiger partial charge in [-0.05, 0) is 11.4 Å². The maximum absolute atomic E-state index is 11.7. The molecule has 0 aliphatic carbocycles. The van der Waals surface area contributed by atoms with Gasteiger partial charge in [0.15, 0.2) is 0 Å². The van der Waals surface area contributed by atoms with Crippen molar-refractivity contribution in [2.24, 2.45) is 0 Å². The fourth-order valence-electron chi connectivity index (χ4n) is 1.04. The van der Waals surface area contributed by atoms with Crippen LogP contribution >= 0.6 is 11.3 Å². The Morgan fingerprint density at radius 2 is 2.33 bits per heavy atom. The van der Waals surface area contributed by atoms with E-state index in [1.165, 1.54) is 11.3 Å². The van der Waals surface area contributed by atoms with Gasteiger partial charge in [0.2, 0.25) is 0 Å². The van der Waals surface area contributed by atoms with Crippen molar-refractivity contribution in [2.75, 3.05) is 13.1 Å². The number of aliphatic carboxylic acids is 1. The summed E-state index contributed by atoms with van der Waals surface area (Å²) in [6, 6.07) is 1.64. The third kappa shape index (κ3) is 3.11. The Hall–Kier alpha value is -1.80. The Balaban J connectivity index is 2.76. The van der Waals surface area contributed by atoms with Crippen LogP contribution in [-0.2, 0) is 4.79 Å². The van der Waals surface area contributed by atoms with E-state index in [1.807, 2.05) is 0 Å². The topological polar surface area (TPSA) is 57.6 Å². The molecule has 4 nitrogen and oxygen atoms in total. The Morgan fingerprint density at radius 1 is 1.60 bits per heavy atom. The normalized spacial score (nSPS) is 9.27. The van der Waals surface area contributed by atoms with Gasteiger partial charge in [-0.15, -0.1) is 6.42 Å². The van der Waals surface area contributed by atoms with Gasteiger partial charge in [0.1, 0.15) is 6.54 Å². The predicted octanol–water partition coefficient (Wildman–Crippen LogP) is 0.908. The van der Waals surface area contributed by atoms with E-state index < -0.39 is 5.97 Å². The van der Waals surface area contributed by atoms with Crippen molar-refractivity contribution in [3.8, 4) is 12.3 Å². The fourth-order valence-corrected chi connectivity index (χ4v) is 1.67. The first-order valence-electron chi connectivity index (χ1n) is 4.12. The molecule has 15 heavy (non-hydrogen) atoms. The van der Waals surface area contributed by atoms with Gasteiger partial charge in [0.05, 0.1) is 12.1 Å². The van der Waals surface area contributed by atoms with Crippen LogP contribution in [-0.4, -0.2) is 35.0 Å². The highest BCUT2D eigenvalue weighted by Crippen LogP contribution is 2.09. The monoisotopic (exact) mass is 223 g/mol. The lowest BCUT2D eigenvalue weighted by atomic mass is 10.3. The van der Waals surface area contributed by atoms with E-state index >= 15 is 0 Å². The lowest BCUT2D eigenvalue weighted by molar-refractivity contribution is -0.137. The molecule has 1 rings (SSSR count). The number of hydrogen-bond acceptors (Lipinski definition) is 3. The molecule has 1 heterocycles. The van der Waals surface area contributed by atoms with Crippen molar-refractivity contribution in [3.63, 3.8) is 0 Å². The number of carboxylic acids is 1. The average Bonchev–Trinajstić information content (AvgIpc) is 2.68. The summed E-state index contributed by atoms with van der Waals surface area (Å²) in [5, 5.41) is 12.0. The van der Waals surface area contributed by atoms with Crippen molar-refractivity contribution in [1.29, 1.82) is 0 Å². The molecule has 0 aliphatic rings. The van der Waals surface area contributed by atoms with Gasteiger partial charge < -0.3 is 10.0 Å². The molecule has 1 aromatic heterocycles. The molecule has 0 atom stereocenters. The Morgan fingerprint density at radius 3 is 2.80 bits per heavy atom. The maximum Gasteiger partial charge on any atom is 0.323 e. The summed E-state index contributed by atoms with van der Waals surface area (Å²) in [5.41, 5.74) is 0.469. The predicted molar refractivity (Wildman–Crippen MR) is 56.7 cm³/mol. The van der Waals surface area contributed by atoms with Gasteiger partial charge in [0, 0.05) is 5.38 Å². The molecule has 1 N–H and O–H groups in total. The molecular formula is C10H9NO3S. The van der Waals surface area contributed by atoms with E-state index in [2.05, 4.69) is 5.92 Å². The van der Waals surface area contributed by atoms with Crippen LogP contribution < -0.4 is 0 Å². The Labute approximate surface area is 91.1 Å². The first kappa shape index (κ1) is 11.3. The maximum atomic E-state index is 11.7. The molecule has 0 bridgehead atoms. The summed E-state index contributed by atoms with van der Waals surface area (Å²) in [4.78, 5) is 23.3. The summed E-state index contributed by atoms with van der Waals surface area (Å²) in [5.74, 6) is 0.836. The van der Waals surface area contributed by atoms with E-state index in [1.54, 1.807) is 16.8 Å². The SMILES string of the molecule is C#CCN(CC(=O)O)C(=O)c1ccsc1. The number of rotatable bonds is 4. The van der Waals surface area contributed by atoms with Crippen LogP contribution in [0.15, 0.2) is 16.8 Å². The Bertz CT molecular complexity index is 391. The number of carboxylic acid groups (broad SMARTS) is 1. The summed E-state index contributed by atoms with van der Waals surface area (Å²) >= 11 is 1.38. The van der Waals surface area contributed by atoms with Crippen LogP contribution in [0.1, 0.15) is 10.4 Å². The third-order valence-corrected chi connectivity index (χ3v) is 2.35. The molecule has 0 spiro atoms. The van der Waals surface area contributed by atoms with Crippen molar-refractivity contribution < 1.29 is 14.7 Å². The Kier molecular flexibility index (Phi) is 3.89. The van der Waals surface area contributed by atoms with Crippen LogP contribution in [0, 0.1) is 12.3 Å². The second kappa shape index (κ2) is 5.17. The summed E-state index contributed by atoms with van der Waals surface area (Å²) in [7, 11) is 0. The zero-order valence-electron chi connectivity index (χ0n) is 7.84. The lowest BCUT2D eigenvalue weighted by Crippen LogP contribution is -2.35. The third-order valence-electron chi connectivity index (χ3n) is 1.66. The summed E-state index contributed by atoms with van der Waals surface area (Å²) in [6.07, 6.45) is 5.06. The molecular weight excluding hydrogens is 214 g/mol. The average molecular weight is 223 g/mol. The lowest BCUT2D eigenvalue weighted by Gasteiger charge is -2.16. The molecule has 5 heteroatoms. The molecule has 0 unspecified atom stereocenters. The minimum absolute atomic E-state index is 0.000972. The van der Waals surface area contributed by atoms with E-state index in [0.717, 1.165) is 4.90 Å². The molecule has 78 valence electrons. The minimum Gasteiger partial charge on any atom is -0.480 e. The van der Waals surface area contributed by atoms with Crippen LogP contribution in [0.25, 0.3) is 0 Å². The molecule has 1 amide bonds. The fraction of sp³-hybridized carbons (Fsp3) is 0.200. The van der Waals surface area contributed by atoms with Gasteiger partial charge in [-0.2, -0.15) is 11.3 Å². The number of carbonyl (C=O) groups is 2. The number of amides is 1. The first-order chi connectivity index (χ1) is 7.15. The minimum atomic E-state index is -1.08. The highest BCUT2D eigenvalue weighted by molar-refractivity contribution is 7.08. The molecule has 0 saturated carbocycles. The van der Waals surface area contributed by atoms with Gasteiger partial charge in [-0.25, -0.2) is 0 Å². The van der Waals surface area contributed by atoms with Gasteiger partial charge in [0.25, 0.3) is 5.91 Å². The molecule has 0 fully saturated rings. The molecule has 0 radical (unpaired) electrons.